The maximum Gasteiger partial charge on any atom is 0.341 e. The third kappa shape index (κ3) is 4.43. The van der Waals surface area contributed by atoms with Crippen molar-refractivity contribution in [2.45, 2.75) is 18.9 Å². The fourth-order valence-electron chi connectivity index (χ4n) is 2.84. The predicted octanol–water partition coefficient (Wildman–Crippen LogP) is 3.65. The second kappa shape index (κ2) is 8.14. The molecular weight excluding hydrogens is 370 g/mol. The van der Waals surface area contributed by atoms with Gasteiger partial charge in [-0.2, -0.15) is 4.98 Å². The lowest BCUT2D eigenvalue weighted by Crippen LogP contribution is -2.08. The number of hydrogen-bond donors (Lipinski definition) is 2. The van der Waals surface area contributed by atoms with Gasteiger partial charge in [-0.25, -0.2) is 9.78 Å². The van der Waals surface area contributed by atoms with Crippen LogP contribution in [0.3, 0.4) is 0 Å². The van der Waals surface area contributed by atoms with E-state index in [1.54, 1.807) is 30.6 Å². The molecule has 1 aliphatic rings. The van der Waals surface area contributed by atoms with Gasteiger partial charge < -0.3 is 20.1 Å². The first-order valence-electron chi connectivity index (χ1n) is 9.25. The molecule has 29 heavy (non-hydrogen) atoms. The first-order valence-corrected chi connectivity index (χ1v) is 9.25. The third-order valence-electron chi connectivity index (χ3n) is 4.47. The number of carbonyl (C=O) groups excluding carboxylic acids is 1. The van der Waals surface area contributed by atoms with E-state index in [4.69, 9.17) is 9.47 Å². The molecule has 1 aromatic carbocycles. The lowest BCUT2D eigenvalue weighted by molar-refractivity contribution is 0.0597. The minimum absolute atomic E-state index is 0.357. The SMILES string of the molecule is COC(=O)c1ccc(Nc2cc(-c3cccnc3)nc(NC3CC3)n2)cc1OC. The molecule has 0 atom stereocenters. The van der Waals surface area contributed by atoms with Crippen LogP contribution in [-0.2, 0) is 4.74 Å². The molecule has 0 spiro atoms. The predicted molar refractivity (Wildman–Crippen MR) is 110 cm³/mol. The second-order valence-electron chi connectivity index (χ2n) is 6.65. The van der Waals surface area contributed by atoms with Gasteiger partial charge in [-0.3, -0.25) is 4.98 Å². The molecule has 8 heteroatoms. The second-order valence-corrected chi connectivity index (χ2v) is 6.65. The summed E-state index contributed by atoms with van der Waals surface area (Å²) in [7, 11) is 2.84. The molecule has 0 unspecified atom stereocenters. The number of methoxy groups -OCH3 is 2. The van der Waals surface area contributed by atoms with Crippen molar-refractivity contribution in [3.63, 3.8) is 0 Å². The molecule has 2 N–H and O–H groups in total. The van der Waals surface area contributed by atoms with Gasteiger partial charge in [0.25, 0.3) is 0 Å². The average Bonchev–Trinajstić information content (AvgIpc) is 3.57. The van der Waals surface area contributed by atoms with Gasteiger partial charge in [0.2, 0.25) is 5.95 Å². The molecule has 0 bridgehead atoms. The summed E-state index contributed by atoms with van der Waals surface area (Å²) < 4.78 is 10.1. The van der Waals surface area contributed by atoms with Crippen LogP contribution >= 0.6 is 0 Å². The Morgan fingerprint density at radius 2 is 2.00 bits per heavy atom. The van der Waals surface area contributed by atoms with Gasteiger partial charge in [0.15, 0.2) is 0 Å². The zero-order valence-corrected chi connectivity index (χ0v) is 16.2. The average molecular weight is 391 g/mol. The summed E-state index contributed by atoms with van der Waals surface area (Å²) in [4.78, 5) is 25.2. The van der Waals surface area contributed by atoms with Gasteiger partial charge in [-0.1, -0.05) is 0 Å². The summed E-state index contributed by atoms with van der Waals surface area (Å²) in [5, 5.41) is 6.60. The Hall–Kier alpha value is -3.68. The first-order chi connectivity index (χ1) is 14.2. The van der Waals surface area contributed by atoms with E-state index in [2.05, 4.69) is 25.6 Å². The fraction of sp³-hybridized carbons (Fsp3) is 0.238. The largest absolute Gasteiger partial charge is 0.496 e. The molecular formula is C21H21N5O3. The van der Waals surface area contributed by atoms with Gasteiger partial charge in [-0.15, -0.1) is 0 Å². The van der Waals surface area contributed by atoms with Crippen molar-refractivity contribution >= 4 is 23.4 Å². The van der Waals surface area contributed by atoms with Crippen LogP contribution in [0.25, 0.3) is 11.3 Å². The highest BCUT2D eigenvalue weighted by Crippen LogP contribution is 2.29. The molecule has 2 aromatic heterocycles. The van der Waals surface area contributed by atoms with E-state index in [1.165, 1.54) is 14.2 Å². The molecule has 0 saturated heterocycles. The van der Waals surface area contributed by atoms with E-state index in [9.17, 15) is 4.79 Å². The van der Waals surface area contributed by atoms with Crippen LogP contribution in [0.1, 0.15) is 23.2 Å². The van der Waals surface area contributed by atoms with Crippen LogP contribution in [0, 0.1) is 0 Å². The molecule has 1 saturated carbocycles. The Kier molecular flexibility index (Phi) is 5.24. The zero-order valence-electron chi connectivity index (χ0n) is 16.2. The van der Waals surface area contributed by atoms with Crippen LogP contribution < -0.4 is 15.4 Å². The topological polar surface area (TPSA) is 98.3 Å². The standard InChI is InChI=1S/C21H21N5O3/c1-28-18-10-15(7-8-16(18)20(27)29-2)23-19-11-17(13-4-3-9-22-12-13)25-21(26-19)24-14-5-6-14/h3-4,7-12,14H,5-6H2,1-2H3,(H2,23,24,25,26). The summed E-state index contributed by atoms with van der Waals surface area (Å²) in [6.45, 7) is 0. The Bertz CT molecular complexity index is 1020. The monoisotopic (exact) mass is 391 g/mol. The Labute approximate surface area is 168 Å². The van der Waals surface area contributed by atoms with Gasteiger partial charge in [0.05, 0.1) is 19.9 Å². The number of carbonyl (C=O) groups is 1. The van der Waals surface area contributed by atoms with Crippen molar-refractivity contribution < 1.29 is 14.3 Å². The molecule has 0 amide bonds. The van der Waals surface area contributed by atoms with Crippen molar-refractivity contribution in [1.82, 2.24) is 15.0 Å². The van der Waals surface area contributed by atoms with E-state index in [-0.39, 0.29) is 0 Å². The number of benzene rings is 1. The maximum atomic E-state index is 11.9. The van der Waals surface area contributed by atoms with E-state index in [1.807, 2.05) is 18.2 Å². The number of hydrogen-bond acceptors (Lipinski definition) is 8. The molecule has 0 radical (unpaired) electrons. The van der Waals surface area contributed by atoms with Crippen molar-refractivity contribution in [3.05, 3.63) is 54.4 Å². The minimum atomic E-state index is -0.454. The number of rotatable bonds is 7. The van der Waals surface area contributed by atoms with Crippen LogP contribution in [0.4, 0.5) is 17.5 Å². The molecule has 0 aliphatic heterocycles. The Morgan fingerprint density at radius 3 is 2.69 bits per heavy atom. The van der Waals surface area contributed by atoms with E-state index >= 15 is 0 Å². The van der Waals surface area contributed by atoms with Gasteiger partial charge in [0, 0.05) is 41.8 Å². The summed E-state index contributed by atoms with van der Waals surface area (Å²) in [6.07, 6.45) is 5.73. The first kappa shape index (κ1) is 18.7. The molecule has 3 aromatic rings. The van der Waals surface area contributed by atoms with Crippen LogP contribution in [0.15, 0.2) is 48.8 Å². The summed E-state index contributed by atoms with van der Waals surface area (Å²) in [6, 6.07) is 11.3. The number of anilines is 3. The molecule has 1 aliphatic carbocycles. The number of ether oxygens (including phenoxy) is 2. The van der Waals surface area contributed by atoms with Crippen molar-refractivity contribution in [2.24, 2.45) is 0 Å². The number of aromatic nitrogens is 3. The number of nitrogens with one attached hydrogen (secondary N) is 2. The minimum Gasteiger partial charge on any atom is -0.496 e. The number of nitrogens with zero attached hydrogens (tertiary/aromatic N) is 3. The van der Waals surface area contributed by atoms with Crippen molar-refractivity contribution in [2.75, 3.05) is 24.9 Å². The molecule has 4 rings (SSSR count). The molecule has 1 fully saturated rings. The quantitative estimate of drug-likeness (QED) is 0.589. The van der Waals surface area contributed by atoms with E-state index in [0.717, 1.165) is 29.8 Å². The van der Waals surface area contributed by atoms with Crippen LogP contribution in [-0.4, -0.2) is 41.2 Å². The van der Waals surface area contributed by atoms with Crippen molar-refractivity contribution in [1.29, 1.82) is 0 Å². The van der Waals surface area contributed by atoms with Crippen LogP contribution in [0.5, 0.6) is 5.75 Å². The third-order valence-corrected chi connectivity index (χ3v) is 4.47. The van der Waals surface area contributed by atoms with E-state index < -0.39 is 5.97 Å². The molecule has 148 valence electrons. The smallest absolute Gasteiger partial charge is 0.341 e. The highest BCUT2D eigenvalue weighted by Gasteiger charge is 2.22. The lowest BCUT2D eigenvalue weighted by Gasteiger charge is -2.13. The van der Waals surface area contributed by atoms with Crippen LogP contribution in [0.2, 0.25) is 0 Å². The fourth-order valence-corrected chi connectivity index (χ4v) is 2.84. The maximum absolute atomic E-state index is 11.9. The van der Waals surface area contributed by atoms with Gasteiger partial charge >= 0.3 is 5.97 Å². The Balaban J connectivity index is 1.66. The number of pyridine rings is 1. The molecule has 2 heterocycles. The lowest BCUT2D eigenvalue weighted by atomic mass is 10.1. The summed E-state index contributed by atoms with van der Waals surface area (Å²) in [5.41, 5.74) is 2.74. The Morgan fingerprint density at radius 1 is 1.14 bits per heavy atom. The zero-order chi connectivity index (χ0) is 20.2. The normalized spacial score (nSPS) is 12.9. The van der Waals surface area contributed by atoms with Gasteiger partial charge in [0.1, 0.15) is 17.1 Å². The highest BCUT2D eigenvalue weighted by molar-refractivity contribution is 5.93. The number of esters is 1. The van der Waals surface area contributed by atoms with E-state index in [0.29, 0.717) is 29.1 Å². The van der Waals surface area contributed by atoms with Gasteiger partial charge in [-0.05, 0) is 37.1 Å². The summed E-state index contributed by atoms with van der Waals surface area (Å²) in [5.74, 6) is 1.15. The molecule has 8 nitrogen and oxygen atoms in total. The van der Waals surface area contributed by atoms with Crippen molar-refractivity contribution in [3.8, 4) is 17.0 Å². The highest BCUT2D eigenvalue weighted by atomic mass is 16.5. The summed E-state index contributed by atoms with van der Waals surface area (Å²) >= 11 is 0.